The van der Waals surface area contributed by atoms with Gasteiger partial charge in [-0.3, -0.25) is 9.59 Å². The van der Waals surface area contributed by atoms with E-state index < -0.39 is 37.1 Å². The average molecular weight is 437 g/mol. The molecule has 2 amide bonds. The van der Waals surface area contributed by atoms with Crippen LogP contribution in [0.4, 0.5) is 0 Å². The minimum Gasteiger partial charge on any atom is -0.394 e. The van der Waals surface area contributed by atoms with Crippen LogP contribution >= 0.6 is 0 Å². The van der Waals surface area contributed by atoms with Crippen molar-refractivity contribution in [3.05, 3.63) is 0 Å². The van der Waals surface area contributed by atoms with Gasteiger partial charge in [-0.2, -0.15) is 0 Å². The lowest BCUT2D eigenvalue weighted by Gasteiger charge is -2.40. The molecule has 0 aromatic rings. The van der Waals surface area contributed by atoms with Gasteiger partial charge in [0, 0.05) is 31.9 Å². The molecule has 1 rings (SSSR count). The van der Waals surface area contributed by atoms with Crippen molar-refractivity contribution in [1.29, 1.82) is 0 Å². The highest BCUT2D eigenvalue weighted by Crippen LogP contribution is 2.26. The number of nitrogens with one attached hydrogen (secondary N) is 2. The first kappa shape index (κ1) is 26.7. The van der Waals surface area contributed by atoms with Gasteiger partial charge in [0.05, 0.1) is 19.3 Å². The van der Waals surface area contributed by atoms with Crippen molar-refractivity contribution in [1.82, 2.24) is 10.8 Å². The number of amides is 2. The number of aliphatic hydroxyl groups is 3. The maximum atomic E-state index is 11.7. The molecule has 1 aliphatic heterocycles. The molecule has 1 aliphatic rings. The van der Waals surface area contributed by atoms with Gasteiger partial charge in [-0.05, 0) is 32.6 Å². The van der Waals surface area contributed by atoms with E-state index in [9.17, 15) is 24.9 Å². The van der Waals surface area contributed by atoms with E-state index in [1.807, 2.05) is 0 Å². The van der Waals surface area contributed by atoms with Crippen molar-refractivity contribution in [2.45, 2.75) is 77.0 Å². The van der Waals surface area contributed by atoms with Gasteiger partial charge >= 0.3 is 0 Å². The van der Waals surface area contributed by atoms with E-state index in [2.05, 4.69) is 20.7 Å². The predicted octanol–water partition coefficient (Wildman–Crippen LogP) is -0.466. The summed E-state index contributed by atoms with van der Waals surface area (Å²) >= 11 is 0. The largest absolute Gasteiger partial charge is 0.394 e. The smallest absolute Gasteiger partial charge is 0.245 e. The third kappa shape index (κ3) is 10.1. The fourth-order valence-electron chi connectivity index (χ4n) is 2.93. The van der Waals surface area contributed by atoms with Crippen molar-refractivity contribution >= 4 is 11.8 Å². The number of carbonyl (C=O) groups excluding carboxylic acids is 2. The molecule has 0 saturated carbocycles. The fraction of sp³-hybridized carbons (Fsp3) is 0.895. The Balaban J connectivity index is 2.02. The van der Waals surface area contributed by atoms with Gasteiger partial charge in [-0.25, -0.2) is 10.4 Å². The molecule has 11 heteroatoms. The van der Waals surface area contributed by atoms with Gasteiger partial charge in [0.15, 0.2) is 6.29 Å². The summed E-state index contributed by atoms with van der Waals surface area (Å²) in [6.45, 7) is 4.31. The molecule has 0 unspecified atom stereocenters. The summed E-state index contributed by atoms with van der Waals surface area (Å²) in [6, 6.07) is 0. The molecule has 1 saturated heterocycles. The molecule has 0 aliphatic carbocycles. The molecule has 5 N–H and O–H groups in total. The van der Waals surface area contributed by atoms with E-state index in [0.717, 1.165) is 19.3 Å². The average Bonchev–Trinajstić information content (AvgIpc) is 2.73. The number of ether oxygens (including phenoxy) is 2. The number of hydroxylamine groups is 1. The van der Waals surface area contributed by atoms with E-state index in [1.165, 1.54) is 0 Å². The first-order chi connectivity index (χ1) is 14.4. The van der Waals surface area contributed by atoms with Crippen molar-refractivity contribution in [3.8, 4) is 0 Å². The quantitative estimate of drug-likeness (QED) is 0.130. The summed E-state index contributed by atoms with van der Waals surface area (Å²) in [6.07, 6.45) is -0.514. The summed E-state index contributed by atoms with van der Waals surface area (Å²) in [5, 5.41) is 31.8. The van der Waals surface area contributed by atoms with Crippen LogP contribution in [0.5, 0.6) is 0 Å². The van der Waals surface area contributed by atoms with Crippen molar-refractivity contribution in [3.63, 3.8) is 0 Å². The van der Waals surface area contributed by atoms with Crippen LogP contribution in [0.15, 0.2) is 0 Å². The predicted molar refractivity (Wildman–Crippen MR) is 104 cm³/mol. The lowest BCUT2D eigenvalue weighted by atomic mass is 9.92. The summed E-state index contributed by atoms with van der Waals surface area (Å²) < 4.78 is 11.1. The van der Waals surface area contributed by atoms with E-state index in [0.29, 0.717) is 26.2 Å². The highest BCUT2D eigenvalue weighted by molar-refractivity contribution is 5.78. The molecule has 0 spiro atoms. The monoisotopic (exact) mass is 436 g/mol. The van der Waals surface area contributed by atoms with E-state index in [1.54, 1.807) is 13.8 Å². The number of hydrogen-bond donors (Lipinski definition) is 5. The lowest BCUT2D eigenvalue weighted by Crippen LogP contribution is -2.55. The van der Waals surface area contributed by atoms with Crippen LogP contribution in [0.3, 0.4) is 0 Å². The summed E-state index contributed by atoms with van der Waals surface area (Å²) in [5.74, 6) is -0.869. The highest BCUT2D eigenvalue weighted by Gasteiger charge is 2.42. The molecule has 176 valence electrons. The topological polar surface area (TPSA) is 156 Å². The Bertz CT molecular complexity index is 493. The summed E-state index contributed by atoms with van der Waals surface area (Å²) in [7, 11) is 0. The Morgan fingerprint density at radius 1 is 1.03 bits per heavy atom. The zero-order valence-corrected chi connectivity index (χ0v) is 17.7. The van der Waals surface area contributed by atoms with E-state index in [4.69, 9.17) is 9.47 Å². The maximum Gasteiger partial charge on any atom is 0.245 e. The molecule has 30 heavy (non-hydrogen) atoms. The van der Waals surface area contributed by atoms with E-state index in [-0.39, 0.29) is 24.7 Å². The van der Waals surface area contributed by atoms with Crippen LogP contribution in [0.25, 0.3) is 0 Å². The molecule has 0 aromatic carbocycles. The van der Waals surface area contributed by atoms with Crippen molar-refractivity contribution < 1.29 is 44.3 Å². The van der Waals surface area contributed by atoms with Gasteiger partial charge in [-0.15, -0.1) is 4.99 Å². The Kier molecular flexibility index (Phi) is 13.8. The lowest BCUT2D eigenvalue weighted by molar-refractivity contribution is -0.326. The number of hydrogen-bond acceptors (Lipinski definition) is 9. The normalized spacial score (nSPS) is 26.4. The third-order valence-electron chi connectivity index (χ3n) is 4.75. The molecule has 0 bridgehead atoms. The second-order valence-corrected chi connectivity index (χ2v) is 7.22. The van der Waals surface area contributed by atoms with Crippen molar-refractivity contribution in [2.24, 2.45) is 5.92 Å². The van der Waals surface area contributed by atoms with Crippen LogP contribution in [0, 0.1) is 5.92 Å². The Morgan fingerprint density at radius 3 is 2.47 bits per heavy atom. The molecule has 1 fully saturated rings. The molecule has 0 radical (unpaired) electrons. The fourth-order valence-corrected chi connectivity index (χ4v) is 2.93. The Morgan fingerprint density at radius 2 is 1.77 bits per heavy atom. The first-order valence-corrected chi connectivity index (χ1v) is 10.5. The summed E-state index contributed by atoms with van der Waals surface area (Å²) in [4.78, 5) is 32.0. The number of aliphatic hydroxyl groups excluding tert-OH is 3. The zero-order valence-electron chi connectivity index (χ0n) is 17.7. The zero-order chi connectivity index (χ0) is 22.4. The van der Waals surface area contributed by atoms with Gasteiger partial charge in [-0.1, -0.05) is 6.92 Å². The van der Waals surface area contributed by atoms with Crippen LogP contribution in [-0.2, 0) is 28.9 Å². The van der Waals surface area contributed by atoms with Crippen LogP contribution in [-0.4, -0.2) is 78.1 Å². The third-order valence-corrected chi connectivity index (χ3v) is 4.75. The Labute approximate surface area is 176 Å². The molecule has 0 aromatic heterocycles. The maximum absolute atomic E-state index is 11.7. The SMILES string of the molecule is CCOONC(=O)CCCC(=O)NCCCCCO[C@@H]1O[C@H](CO)[C@H](O)[C@H](O)[C@H]1C. The Hall–Kier alpha value is -1.34. The second-order valence-electron chi connectivity index (χ2n) is 7.22. The minimum absolute atomic E-state index is 0.114. The number of unbranched alkanes of at least 4 members (excludes halogenated alkanes) is 2. The minimum atomic E-state index is -1.13. The molecular weight excluding hydrogens is 400 g/mol. The van der Waals surface area contributed by atoms with E-state index >= 15 is 0 Å². The highest BCUT2D eigenvalue weighted by atomic mass is 17.3. The van der Waals surface area contributed by atoms with Crippen LogP contribution in [0.2, 0.25) is 0 Å². The van der Waals surface area contributed by atoms with Crippen LogP contribution < -0.4 is 10.8 Å². The van der Waals surface area contributed by atoms with Gasteiger partial charge in [0.2, 0.25) is 11.8 Å². The van der Waals surface area contributed by atoms with Crippen molar-refractivity contribution in [2.75, 3.05) is 26.4 Å². The standard InChI is InChI=1S/C19H36N2O9/c1-3-28-30-21-16(24)9-7-8-15(23)20-10-5-4-6-11-27-19-13(2)17(25)18(26)14(12-22)29-19/h13-14,17-19,22,25-26H,3-12H2,1-2H3,(H,20,23)(H,21,24)/t13-,14-,17-,18+,19-/m1/s1. The number of carbonyl (C=O) groups is 2. The molecule has 5 atom stereocenters. The summed E-state index contributed by atoms with van der Waals surface area (Å²) in [5.41, 5.74) is 2.11. The number of rotatable bonds is 15. The second kappa shape index (κ2) is 15.5. The van der Waals surface area contributed by atoms with Gasteiger partial charge in [0.1, 0.15) is 12.2 Å². The molecular formula is C19H36N2O9. The van der Waals surface area contributed by atoms with Gasteiger partial charge < -0.3 is 30.1 Å². The molecule has 11 nitrogen and oxygen atoms in total. The first-order valence-electron chi connectivity index (χ1n) is 10.5. The van der Waals surface area contributed by atoms with Crippen LogP contribution in [0.1, 0.15) is 52.4 Å². The molecule has 1 heterocycles. The van der Waals surface area contributed by atoms with Gasteiger partial charge in [0.25, 0.3) is 0 Å².